The molecular weight excluding hydrogens is 212 g/mol. The zero-order valence-corrected chi connectivity index (χ0v) is 9.24. The van der Waals surface area contributed by atoms with Crippen molar-refractivity contribution in [2.24, 2.45) is 0 Å². The predicted octanol–water partition coefficient (Wildman–Crippen LogP) is 2.34. The minimum Gasteiger partial charge on any atom is -0.367 e. The number of imidazole rings is 1. The fourth-order valence-electron chi connectivity index (χ4n) is 1.77. The standard InChI is InChI=1S/C13H12N4/c1-2-4-11(5-3-1)10-16-12-6-7-14-13-15-8-9-17(12)13/h1-9,16H,10H2. The molecule has 0 unspecified atom stereocenters. The summed E-state index contributed by atoms with van der Waals surface area (Å²) >= 11 is 0. The van der Waals surface area contributed by atoms with Crippen LogP contribution in [0.5, 0.6) is 0 Å². The summed E-state index contributed by atoms with van der Waals surface area (Å²) in [5, 5.41) is 3.37. The van der Waals surface area contributed by atoms with E-state index in [1.54, 1.807) is 12.4 Å². The molecule has 0 aliphatic carbocycles. The summed E-state index contributed by atoms with van der Waals surface area (Å²) in [6, 6.07) is 12.2. The van der Waals surface area contributed by atoms with Crippen LogP contribution in [0.1, 0.15) is 5.56 Å². The Morgan fingerprint density at radius 3 is 2.71 bits per heavy atom. The number of hydrogen-bond donors (Lipinski definition) is 1. The van der Waals surface area contributed by atoms with Crippen molar-refractivity contribution < 1.29 is 0 Å². The molecule has 0 fully saturated rings. The van der Waals surface area contributed by atoms with Crippen molar-refractivity contribution in [2.75, 3.05) is 5.32 Å². The number of nitrogens with zero attached hydrogens (tertiary/aromatic N) is 3. The quantitative estimate of drug-likeness (QED) is 0.742. The first kappa shape index (κ1) is 9.84. The smallest absolute Gasteiger partial charge is 0.235 e. The number of nitrogens with one attached hydrogen (secondary N) is 1. The molecule has 0 aliphatic heterocycles. The molecule has 4 nitrogen and oxygen atoms in total. The molecule has 2 heterocycles. The molecule has 0 saturated carbocycles. The highest BCUT2D eigenvalue weighted by molar-refractivity contribution is 5.44. The van der Waals surface area contributed by atoms with Crippen molar-refractivity contribution in [1.29, 1.82) is 0 Å². The predicted molar refractivity (Wildman–Crippen MR) is 66.8 cm³/mol. The number of rotatable bonds is 3. The van der Waals surface area contributed by atoms with Crippen molar-refractivity contribution in [3.8, 4) is 0 Å². The van der Waals surface area contributed by atoms with Crippen molar-refractivity contribution in [3.05, 3.63) is 60.6 Å². The van der Waals surface area contributed by atoms with Gasteiger partial charge >= 0.3 is 0 Å². The fraction of sp³-hybridized carbons (Fsp3) is 0.0769. The topological polar surface area (TPSA) is 42.2 Å². The second kappa shape index (κ2) is 4.25. The van der Waals surface area contributed by atoms with Gasteiger partial charge in [-0.1, -0.05) is 30.3 Å². The van der Waals surface area contributed by atoms with Gasteiger partial charge in [0.15, 0.2) is 0 Å². The molecular formula is C13H12N4. The molecule has 4 heteroatoms. The number of benzene rings is 1. The molecule has 0 aliphatic rings. The van der Waals surface area contributed by atoms with Crippen LogP contribution in [0, 0.1) is 0 Å². The maximum atomic E-state index is 4.17. The first-order chi connectivity index (χ1) is 8.43. The van der Waals surface area contributed by atoms with Crippen LogP contribution in [0.2, 0.25) is 0 Å². The van der Waals surface area contributed by atoms with Gasteiger partial charge in [-0.05, 0) is 11.6 Å². The number of aromatic nitrogens is 3. The largest absolute Gasteiger partial charge is 0.367 e. The summed E-state index contributed by atoms with van der Waals surface area (Å²) in [6.07, 6.45) is 5.40. The Morgan fingerprint density at radius 1 is 1.00 bits per heavy atom. The SMILES string of the molecule is c1ccc(CNc2ccnc3nccn23)cc1. The van der Waals surface area contributed by atoms with Crippen molar-refractivity contribution in [1.82, 2.24) is 14.4 Å². The minimum atomic E-state index is 0.711. The van der Waals surface area contributed by atoms with E-state index in [1.165, 1.54) is 5.56 Å². The number of fused-ring (bicyclic) bond motifs is 1. The van der Waals surface area contributed by atoms with Crippen molar-refractivity contribution in [3.63, 3.8) is 0 Å². The summed E-state index contributed by atoms with van der Waals surface area (Å²) in [5.41, 5.74) is 1.25. The Bertz CT molecular complexity index is 615. The number of anilines is 1. The molecule has 0 amide bonds. The van der Waals surface area contributed by atoms with E-state index in [4.69, 9.17) is 0 Å². The molecule has 3 aromatic rings. The van der Waals surface area contributed by atoms with Gasteiger partial charge in [0.25, 0.3) is 0 Å². The lowest BCUT2D eigenvalue weighted by molar-refractivity contribution is 1.05. The first-order valence-electron chi connectivity index (χ1n) is 5.49. The second-order valence-electron chi connectivity index (χ2n) is 3.77. The highest BCUT2D eigenvalue weighted by Gasteiger charge is 2.00. The van der Waals surface area contributed by atoms with Gasteiger partial charge in [0.2, 0.25) is 5.78 Å². The van der Waals surface area contributed by atoms with Crippen LogP contribution in [0.15, 0.2) is 55.0 Å². The van der Waals surface area contributed by atoms with Crippen molar-refractivity contribution in [2.45, 2.75) is 6.54 Å². The van der Waals surface area contributed by atoms with Crippen LogP contribution in [0.25, 0.3) is 5.78 Å². The Morgan fingerprint density at radius 2 is 1.82 bits per heavy atom. The van der Waals surface area contributed by atoms with Crippen LogP contribution in [0.3, 0.4) is 0 Å². The minimum absolute atomic E-state index is 0.711. The molecule has 0 bridgehead atoms. The third-order valence-electron chi connectivity index (χ3n) is 2.62. The van der Waals surface area contributed by atoms with E-state index >= 15 is 0 Å². The summed E-state index contributed by atoms with van der Waals surface area (Å²) < 4.78 is 1.93. The van der Waals surface area contributed by atoms with E-state index in [9.17, 15) is 0 Å². The van der Waals surface area contributed by atoms with Crippen LogP contribution >= 0.6 is 0 Å². The molecule has 2 aromatic heterocycles. The highest BCUT2D eigenvalue weighted by Crippen LogP contribution is 2.10. The Balaban J connectivity index is 1.84. The van der Waals surface area contributed by atoms with E-state index in [1.807, 2.05) is 34.9 Å². The zero-order valence-electron chi connectivity index (χ0n) is 9.24. The van der Waals surface area contributed by atoms with E-state index in [0.717, 1.165) is 12.4 Å². The van der Waals surface area contributed by atoms with Gasteiger partial charge in [-0.3, -0.25) is 4.40 Å². The van der Waals surface area contributed by atoms with Gasteiger partial charge in [-0.25, -0.2) is 9.97 Å². The molecule has 0 saturated heterocycles. The van der Waals surface area contributed by atoms with Crippen LogP contribution in [-0.2, 0) is 6.54 Å². The third kappa shape index (κ3) is 1.97. The third-order valence-corrected chi connectivity index (χ3v) is 2.62. The molecule has 1 N–H and O–H groups in total. The molecule has 0 atom stereocenters. The van der Waals surface area contributed by atoms with Gasteiger partial charge in [-0.15, -0.1) is 0 Å². The lowest BCUT2D eigenvalue weighted by Crippen LogP contribution is -2.04. The van der Waals surface area contributed by atoms with Crippen LogP contribution in [-0.4, -0.2) is 14.4 Å². The average molecular weight is 224 g/mol. The lowest BCUT2D eigenvalue weighted by Gasteiger charge is -2.08. The normalized spacial score (nSPS) is 10.6. The monoisotopic (exact) mass is 224 g/mol. The number of hydrogen-bond acceptors (Lipinski definition) is 3. The molecule has 0 spiro atoms. The molecule has 84 valence electrons. The van der Waals surface area contributed by atoms with E-state index < -0.39 is 0 Å². The van der Waals surface area contributed by atoms with Gasteiger partial charge < -0.3 is 5.32 Å². The Hall–Kier alpha value is -2.36. The van der Waals surface area contributed by atoms with Gasteiger partial charge in [0, 0.05) is 25.1 Å². The summed E-state index contributed by atoms with van der Waals surface area (Å²) in [6.45, 7) is 0.790. The molecule has 0 radical (unpaired) electrons. The van der Waals surface area contributed by atoms with E-state index in [2.05, 4.69) is 27.4 Å². The Labute approximate surface area is 99.0 Å². The van der Waals surface area contributed by atoms with E-state index in [0.29, 0.717) is 5.78 Å². The van der Waals surface area contributed by atoms with Crippen molar-refractivity contribution >= 4 is 11.6 Å². The Kier molecular flexibility index (Phi) is 2.46. The maximum absolute atomic E-state index is 4.17. The fourth-order valence-corrected chi connectivity index (χ4v) is 1.77. The summed E-state index contributed by atoms with van der Waals surface area (Å²) in [5.74, 6) is 1.71. The molecule has 1 aromatic carbocycles. The van der Waals surface area contributed by atoms with Gasteiger partial charge in [0.1, 0.15) is 5.82 Å². The summed E-state index contributed by atoms with van der Waals surface area (Å²) in [7, 11) is 0. The molecule has 3 rings (SSSR count). The van der Waals surface area contributed by atoms with Gasteiger partial charge in [-0.2, -0.15) is 0 Å². The maximum Gasteiger partial charge on any atom is 0.235 e. The second-order valence-corrected chi connectivity index (χ2v) is 3.77. The molecule has 17 heavy (non-hydrogen) atoms. The summed E-state index contributed by atoms with van der Waals surface area (Å²) in [4.78, 5) is 8.31. The average Bonchev–Trinajstić information content (AvgIpc) is 2.86. The van der Waals surface area contributed by atoms with E-state index in [-0.39, 0.29) is 0 Å². The van der Waals surface area contributed by atoms with Gasteiger partial charge in [0.05, 0.1) is 0 Å². The van der Waals surface area contributed by atoms with Crippen LogP contribution in [0.4, 0.5) is 5.82 Å². The first-order valence-corrected chi connectivity index (χ1v) is 5.49. The highest BCUT2D eigenvalue weighted by atomic mass is 15.1. The zero-order chi connectivity index (χ0) is 11.5. The lowest BCUT2D eigenvalue weighted by atomic mass is 10.2. The van der Waals surface area contributed by atoms with Crippen LogP contribution < -0.4 is 5.32 Å².